The Morgan fingerprint density at radius 3 is 2.00 bits per heavy atom. The number of sulfonamides is 1. The second kappa shape index (κ2) is 7.40. The number of hydrogen-bond acceptors (Lipinski definition) is 2. The van der Waals surface area contributed by atoms with Crippen molar-refractivity contribution >= 4 is 10.0 Å². The molecule has 0 heterocycles. The van der Waals surface area contributed by atoms with Crippen LogP contribution in [0.25, 0.3) is 11.1 Å². The van der Waals surface area contributed by atoms with Gasteiger partial charge in [-0.05, 0) is 49.3 Å². The van der Waals surface area contributed by atoms with E-state index in [2.05, 4.69) is 11.6 Å². The third kappa shape index (κ3) is 4.10. The molecular weight excluding hydrogens is 363 g/mol. The van der Waals surface area contributed by atoms with Crippen molar-refractivity contribution in [3.8, 4) is 11.1 Å². The Hall–Kier alpha value is -1.86. The molecule has 7 heteroatoms. The maximum atomic E-state index is 13.9. The van der Waals surface area contributed by atoms with Crippen LogP contribution in [0.1, 0.15) is 32.6 Å². The van der Waals surface area contributed by atoms with E-state index in [0.29, 0.717) is 18.1 Å². The predicted octanol–water partition coefficient (Wildman–Crippen LogP) is 4.63. The molecule has 0 amide bonds. The molecule has 3 nitrogen and oxygen atoms in total. The molecule has 0 aliphatic heterocycles. The average molecular weight is 383 g/mol. The summed E-state index contributed by atoms with van der Waals surface area (Å²) in [5.74, 6) is -2.47. The van der Waals surface area contributed by atoms with Gasteiger partial charge in [-0.15, -0.1) is 0 Å². The molecule has 2 aromatic carbocycles. The first-order chi connectivity index (χ1) is 12.3. The highest BCUT2D eigenvalue weighted by molar-refractivity contribution is 7.89. The lowest BCUT2D eigenvalue weighted by molar-refractivity contribution is 0.332. The van der Waals surface area contributed by atoms with Crippen LogP contribution in [0, 0.1) is 23.4 Å². The Labute approximate surface area is 151 Å². The molecule has 1 aliphatic carbocycles. The van der Waals surface area contributed by atoms with E-state index >= 15 is 0 Å². The van der Waals surface area contributed by atoms with E-state index in [1.807, 2.05) is 0 Å². The van der Waals surface area contributed by atoms with Crippen LogP contribution < -0.4 is 4.72 Å². The standard InChI is InChI=1S/C19H20F3NO2S/c1-12-2-6-15(7-3-12)23-26(24,25)16-8-4-13(5-9-16)19-17(21)10-14(20)11-18(19)22/h4-5,8-12,15,23H,2-3,6-7H2,1H3/t12-,15+. The zero-order chi connectivity index (χ0) is 18.9. The topological polar surface area (TPSA) is 46.2 Å². The summed E-state index contributed by atoms with van der Waals surface area (Å²) < 4.78 is 68.4. The Balaban J connectivity index is 1.81. The minimum absolute atomic E-state index is 0.0304. The van der Waals surface area contributed by atoms with Gasteiger partial charge in [-0.3, -0.25) is 0 Å². The van der Waals surface area contributed by atoms with Crippen LogP contribution in [0.2, 0.25) is 0 Å². The van der Waals surface area contributed by atoms with E-state index < -0.39 is 27.5 Å². The van der Waals surface area contributed by atoms with E-state index in [1.54, 1.807) is 0 Å². The van der Waals surface area contributed by atoms with E-state index in [-0.39, 0.29) is 22.1 Å². The van der Waals surface area contributed by atoms with Crippen LogP contribution in [0.4, 0.5) is 13.2 Å². The van der Waals surface area contributed by atoms with Gasteiger partial charge in [-0.2, -0.15) is 0 Å². The van der Waals surface area contributed by atoms with Crippen molar-refractivity contribution in [1.29, 1.82) is 0 Å². The second-order valence-electron chi connectivity index (χ2n) is 6.85. The van der Waals surface area contributed by atoms with Crippen LogP contribution in [0.3, 0.4) is 0 Å². The summed E-state index contributed by atoms with van der Waals surface area (Å²) in [4.78, 5) is 0.0304. The zero-order valence-corrected chi connectivity index (χ0v) is 15.1. The molecule has 0 atom stereocenters. The summed E-state index contributed by atoms with van der Waals surface area (Å²) in [6, 6.07) is 6.32. The highest BCUT2D eigenvalue weighted by Crippen LogP contribution is 2.29. The normalized spacial score (nSPS) is 20.9. The van der Waals surface area contributed by atoms with Crippen molar-refractivity contribution in [2.24, 2.45) is 5.92 Å². The van der Waals surface area contributed by atoms with Crippen molar-refractivity contribution in [1.82, 2.24) is 4.72 Å². The first-order valence-electron chi connectivity index (χ1n) is 8.53. The van der Waals surface area contributed by atoms with Gasteiger partial charge in [0.05, 0.1) is 10.5 Å². The monoisotopic (exact) mass is 383 g/mol. The van der Waals surface area contributed by atoms with Gasteiger partial charge in [0.1, 0.15) is 17.5 Å². The van der Waals surface area contributed by atoms with Crippen LogP contribution in [-0.4, -0.2) is 14.5 Å². The molecule has 3 rings (SSSR count). The van der Waals surface area contributed by atoms with E-state index in [4.69, 9.17) is 0 Å². The first-order valence-corrected chi connectivity index (χ1v) is 10.0. The lowest BCUT2D eigenvalue weighted by Gasteiger charge is -2.26. The molecule has 26 heavy (non-hydrogen) atoms. The van der Waals surface area contributed by atoms with Crippen molar-refractivity contribution in [2.45, 2.75) is 43.5 Å². The highest BCUT2D eigenvalue weighted by atomic mass is 32.2. The van der Waals surface area contributed by atoms with Gasteiger partial charge in [0, 0.05) is 18.2 Å². The van der Waals surface area contributed by atoms with Crippen molar-refractivity contribution in [3.05, 3.63) is 53.8 Å². The lowest BCUT2D eigenvalue weighted by Crippen LogP contribution is -2.37. The summed E-state index contributed by atoms with van der Waals surface area (Å²) in [7, 11) is -3.70. The molecule has 1 aliphatic rings. The Kier molecular flexibility index (Phi) is 5.39. The van der Waals surface area contributed by atoms with E-state index in [9.17, 15) is 21.6 Å². The van der Waals surface area contributed by atoms with Gasteiger partial charge >= 0.3 is 0 Å². The highest BCUT2D eigenvalue weighted by Gasteiger charge is 2.24. The SMILES string of the molecule is C[C@H]1CC[C@@H](NS(=O)(=O)c2ccc(-c3c(F)cc(F)cc3F)cc2)CC1. The van der Waals surface area contributed by atoms with Gasteiger partial charge < -0.3 is 0 Å². The van der Waals surface area contributed by atoms with Crippen molar-refractivity contribution in [2.75, 3.05) is 0 Å². The van der Waals surface area contributed by atoms with Crippen LogP contribution >= 0.6 is 0 Å². The van der Waals surface area contributed by atoms with Crippen LogP contribution in [-0.2, 0) is 10.0 Å². The Morgan fingerprint density at radius 2 is 1.46 bits per heavy atom. The van der Waals surface area contributed by atoms with Crippen LogP contribution in [0.15, 0.2) is 41.3 Å². The van der Waals surface area contributed by atoms with Gasteiger partial charge in [-0.25, -0.2) is 26.3 Å². The number of rotatable bonds is 4. The molecule has 0 radical (unpaired) electrons. The molecule has 0 spiro atoms. The maximum absolute atomic E-state index is 13.9. The van der Waals surface area contributed by atoms with Gasteiger partial charge in [-0.1, -0.05) is 19.1 Å². The third-order valence-corrected chi connectivity index (χ3v) is 6.33. The number of benzene rings is 2. The maximum Gasteiger partial charge on any atom is 0.240 e. The zero-order valence-electron chi connectivity index (χ0n) is 14.3. The fourth-order valence-electron chi connectivity index (χ4n) is 3.28. The number of halogens is 3. The van der Waals surface area contributed by atoms with Gasteiger partial charge in [0.15, 0.2) is 0 Å². The molecule has 140 valence electrons. The number of hydrogen-bond donors (Lipinski definition) is 1. The van der Waals surface area contributed by atoms with Crippen LogP contribution in [0.5, 0.6) is 0 Å². The molecule has 2 aromatic rings. The molecular formula is C19H20F3NO2S. The van der Waals surface area contributed by atoms with Gasteiger partial charge in [0.2, 0.25) is 10.0 Å². The summed E-state index contributed by atoms with van der Waals surface area (Å²) in [5.41, 5.74) is -0.241. The molecule has 0 aromatic heterocycles. The minimum Gasteiger partial charge on any atom is -0.208 e. The lowest BCUT2D eigenvalue weighted by atomic mass is 9.88. The Morgan fingerprint density at radius 1 is 0.923 bits per heavy atom. The van der Waals surface area contributed by atoms with Gasteiger partial charge in [0.25, 0.3) is 0 Å². The third-order valence-electron chi connectivity index (χ3n) is 4.80. The number of nitrogens with one attached hydrogen (secondary N) is 1. The fourth-order valence-corrected chi connectivity index (χ4v) is 4.59. The minimum atomic E-state index is -3.70. The van der Waals surface area contributed by atoms with Crippen molar-refractivity contribution < 1.29 is 21.6 Å². The molecule has 1 N–H and O–H groups in total. The Bertz CT molecular complexity index is 866. The summed E-state index contributed by atoms with van der Waals surface area (Å²) in [6.07, 6.45) is 3.56. The van der Waals surface area contributed by atoms with Crippen molar-refractivity contribution in [3.63, 3.8) is 0 Å². The summed E-state index contributed by atoms with van der Waals surface area (Å²) in [6.45, 7) is 2.15. The molecule has 1 fully saturated rings. The quantitative estimate of drug-likeness (QED) is 0.837. The smallest absolute Gasteiger partial charge is 0.208 e. The predicted molar refractivity (Wildman–Crippen MR) is 93.5 cm³/mol. The fraction of sp³-hybridized carbons (Fsp3) is 0.368. The molecule has 0 unspecified atom stereocenters. The van der Waals surface area contributed by atoms with E-state index in [1.165, 1.54) is 24.3 Å². The molecule has 0 bridgehead atoms. The summed E-state index contributed by atoms with van der Waals surface area (Å²) in [5, 5.41) is 0. The molecule has 0 saturated heterocycles. The second-order valence-corrected chi connectivity index (χ2v) is 8.56. The molecule has 1 saturated carbocycles. The average Bonchev–Trinajstić information content (AvgIpc) is 2.56. The first kappa shape index (κ1) is 18.9. The largest absolute Gasteiger partial charge is 0.240 e. The van der Waals surface area contributed by atoms with E-state index in [0.717, 1.165) is 25.7 Å². The summed E-state index contributed by atoms with van der Waals surface area (Å²) >= 11 is 0.